The molecule has 0 N–H and O–H groups in total. The maximum absolute atomic E-state index is 2.40. The van der Waals surface area contributed by atoms with Crippen LogP contribution in [0.1, 0.15) is 25.3 Å². The summed E-state index contributed by atoms with van der Waals surface area (Å²) in [6.45, 7) is 5.39. The fourth-order valence-corrected chi connectivity index (χ4v) is 2.93. The number of para-hydroxylation sites is 1. The molecule has 1 aromatic carbocycles. The summed E-state index contributed by atoms with van der Waals surface area (Å²) in [7, 11) is 0. The van der Waals surface area contributed by atoms with Gasteiger partial charge in [-0.3, -0.25) is 0 Å². The van der Waals surface area contributed by atoms with Gasteiger partial charge in [-0.2, -0.15) is 4.57 Å². The van der Waals surface area contributed by atoms with E-state index in [0.717, 1.165) is 6.54 Å². The summed E-state index contributed by atoms with van der Waals surface area (Å²) < 4.78 is 3.78. The van der Waals surface area contributed by atoms with E-state index in [2.05, 4.69) is 54.8 Å². The minimum atomic E-state index is 1.10. The molecular formula is C13H16NS+. The van der Waals surface area contributed by atoms with E-state index in [1.165, 1.54) is 21.6 Å². The SMILES string of the molecule is C/C=C/c1sc2ccccc2[n+]1CCC. The minimum absolute atomic E-state index is 1.10. The zero-order valence-corrected chi connectivity index (χ0v) is 10.1. The van der Waals surface area contributed by atoms with E-state index in [0.29, 0.717) is 0 Å². The van der Waals surface area contributed by atoms with Crippen LogP contribution in [0.2, 0.25) is 0 Å². The monoisotopic (exact) mass is 218 g/mol. The molecule has 0 aliphatic rings. The van der Waals surface area contributed by atoms with Crippen LogP contribution in [0, 0.1) is 0 Å². The number of hydrogen-bond donors (Lipinski definition) is 0. The Morgan fingerprint density at radius 1 is 1.33 bits per heavy atom. The first-order valence-electron chi connectivity index (χ1n) is 5.41. The predicted octanol–water partition coefficient (Wildman–Crippen LogP) is 3.63. The average molecular weight is 218 g/mol. The molecule has 78 valence electrons. The zero-order chi connectivity index (χ0) is 10.7. The molecule has 1 heterocycles. The number of thiazole rings is 1. The van der Waals surface area contributed by atoms with Crippen molar-refractivity contribution in [3.05, 3.63) is 35.3 Å². The Morgan fingerprint density at radius 2 is 2.13 bits per heavy atom. The quantitative estimate of drug-likeness (QED) is 0.693. The second-order valence-electron chi connectivity index (χ2n) is 3.56. The highest BCUT2D eigenvalue weighted by Gasteiger charge is 2.16. The molecule has 0 bridgehead atoms. The van der Waals surface area contributed by atoms with Gasteiger partial charge in [-0.25, -0.2) is 0 Å². The van der Waals surface area contributed by atoms with Crippen molar-refractivity contribution in [1.29, 1.82) is 0 Å². The lowest BCUT2D eigenvalue weighted by molar-refractivity contribution is -0.668. The maximum atomic E-state index is 2.40. The standard InChI is InChI=1S/C13H16NS/c1-3-7-13-14(10-4-2)11-8-5-6-9-12(11)15-13/h3,5-9H,4,10H2,1-2H3/q+1/b7-3+. The number of hydrogen-bond acceptors (Lipinski definition) is 1. The van der Waals surface area contributed by atoms with E-state index in [1.54, 1.807) is 0 Å². The first-order valence-corrected chi connectivity index (χ1v) is 6.22. The number of nitrogens with zero attached hydrogens (tertiary/aromatic N) is 1. The summed E-state index contributed by atoms with van der Waals surface area (Å²) in [5.74, 6) is 0. The van der Waals surface area contributed by atoms with Crippen molar-refractivity contribution in [2.45, 2.75) is 26.8 Å². The van der Waals surface area contributed by atoms with Crippen molar-refractivity contribution in [2.24, 2.45) is 0 Å². The predicted molar refractivity (Wildman–Crippen MR) is 67.0 cm³/mol. The minimum Gasteiger partial charge on any atom is -0.182 e. The van der Waals surface area contributed by atoms with Gasteiger partial charge in [0.2, 0.25) is 5.52 Å². The molecule has 0 saturated carbocycles. The third-order valence-electron chi connectivity index (χ3n) is 2.39. The normalized spacial score (nSPS) is 11.6. The van der Waals surface area contributed by atoms with Gasteiger partial charge in [-0.05, 0) is 13.0 Å². The average Bonchev–Trinajstić information content (AvgIpc) is 2.59. The van der Waals surface area contributed by atoms with Crippen LogP contribution >= 0.6 is 11.3 Å². The second-order valence-corrected chi connectivity index (χ2v) is 4.62. The van der Waals surface area contributed by atoms with E-state index in [1.807, 2.05) is 11.3 Å². The summed E-state index contributed by atoms with van der Waals surface area (Å²) in [5, 5.41) is 1.35. The van der Waals surface area contributed by atoms with Gasteiger partial charge in [0.15, 0.2) is 0 Å². The lowest BCUT2D eigenvalue weighted by atomic mass is 10.3. The molecule has 0 fully saturated rings. The van der Waals surface area contributed by atoms with Gasteiger partial charge in [0.25, 0.3) is 5.01 Å². The fraction of sp³-hybridized carbons (Fsp3) is 0.308. The summed E-state index contributed by atoms with van der Waals surface area (Å²) in [6.07, 6.45) is 5.48. The summed E-state index contributed by atoms with van der Waals surface area (Å²) in [5.41, 5.74) is 1.36. The molecule has 0 atom stereocenters. The van der Waals surface area contributed by atoms with Gasteiger partial charge < -0.3 is 0 Å². The third-order valence-corrected chi connectivity index (χ3v) is 3.52. The van der Waals surface area contributed by atoms with Crippen molar-refractivity contribution in [2.75, 3.05) is 0 Å². The first kappa shape index (κ1) is 10.4. The number of fused-ring (bicyclic) bond motifs is 1. The van der Waals surface area contributed by atoms with Crippen LogP contribution in [-0.4, -0.2) is 0 Å². The van der Waals surface area contributed by atoms with Crippen LogP contribution < -0.4 is 4.57 Å². The Hall–Kier alpha value is -1.15. The number of benzene rings is 1. The Bertz CT molecular complexity index is 482. The molecule has 0 spiro atoms. The van der Waals surface area contributed by atoms with Crippen molar-refractivity contribution in [3.63, 3.8) is 0 Å². The molecule has 0 aliphatic carbocycles. The number of aryl methyl sites for hydroxylation is 1. The zero-order valence-electron chi connectivity index (χ0n) is 9.23. The molecule has 1 nitrogen and oxygen atoms in total. The van der Waals surface area contributed by atoms with Gasteiger partial charge in [-0.1, -0.05) is 36.5 Å². The van der Waals surface area contributed by atoms with Crippen molar-refractivity contribution in [1.82, 2.24) is 0 Å². The van der Waals surface area contributed by atoms with Crippen molar-refractivity contribution in [3.8, 4) is 0 Å². The van der Waals surface area contributed by atoms with Gasteiger partial charge in [0.05, 0.1) is 0 Å². The van der Waals surface area contributed by atoms with Crippen LogP contribution in [0.15, 0.2) is 30.3 Å². The Kier molecular flexibility index (Phi) is 3.17. The molecule has 15 heavy (non-hydrogen) atoms. The van der Waals surface area contributed by atoms with Crippen LogP contribution in [0.3, 0.4) is 0 Å². The fourth-order valence-electron chi connectivity index (χ4n) is 1.77. The van der Waals surface area contributed by atoms with Crippen LogP contribution in [-0.2, 0) is 6.54 Å². The largest absolute Gasteiger partial charge is 0.262 e. The molecule has 0 saturated heterocycles. The lowest BCUT2D eigenvalue weighted by Gasteiger charge is -1.92. The van der Waals surface area contributed by atoms with E-state index >= 15 is 0 Å². The smallest absolute Gasteiger partial charge is 0.182 e. The first-order chi connectivity index (χ1) is 7.36. The van der Waals surface area contributed by atoms with E-state index in [9.17, 15) is 0 Å². The molecule has 2 rings (SSSR count). The molecule has 0 amide bonds. The molecule has 1 aromatic heterocycles. The Labute approximate surface area is 94.7 Å². The van der Waals surface area contributed by atoms with Gasteiger partial charge in [0.1, 0.15) is 11.2 Å². The Morgan fingerprint density at radius 3 is 2.87 bits per heavy atom. The van der Waals surface area contributed by atoms with Gasteiger partial charge in [0, 0.05) is 18.6 Å². The van der Waals surface area contributed by atoms with Crippen LogP contribution in [0.4, 0.5) is 0 Å². The molecule has 0 radical (unpaired) electrons. The highest BCUT2D eigenvalue weighted by Crippen LogP contribution is 2.21. The summed E-state index contributed by atoms with van der Waals surface area (Å²) in [4.78, 5) is 0. The highest BCUT2D eigenvalue weighted by molar-refractivity contribution is 7.18. The van der Waals surface area contributed by atoms with Crippen LogP contribution in [0.25, 0.3) is 16.3 Å². The lowest BCUT2D eigenvalue weighted by Crippen LogP contribution is -2.34. The Balaban J connectivity index is 2.63. The summed E-state index contributed by atoms with van der Waals surface area (Å²) >= 11 is 1.86. The molecule has 2 aromatic rings. The van der Waals surface area contributed by atoms with Crippen molar-refractivity contribution >= 4 is 27.6 Å². The molecule has 0 aliphatic heterocycles. The molecule has 0 unspecified atom stereocenters. The topological polar surface area (TPSA) is 3.88 Å². The number of aromatic nitrogens is 1. The van der Waals surface area contributed by atoms with E-state index in [-0.39, 0.29) is 0 Å². The van der Waals surface area contributed by atoms with E-state index < -0.39 is 0 Å². The molecule has 2 heteroatoms. The van der Waals surface area contributed by atoms with Crippen molar-refractivity contribution < 1.29 is 4.57 Å². The summed E-state index contributed by atoms with van der Waals surface area (Å²) in [6, 6.07) is 8.61. The molecular weight excluding hydrogens is 202 g/mol. The third kappa shape index (κ3) is 1.95. The second kappa shape index (κ2) is 4.58. The number of rotatable bonds is 3. The van der Waals surface area contributed by atoms with Crippen LogP contribution in [0.5, 0.6) is 0 Å². The van der Waals surface area contributed by atoms with E-state index in [4.69, 9.17) is 0 Å². The van der Waals surface area contributed by atoms with Gasteiger partial charge in [-0.15, -0.1) is 0 Å². The highest BCUT2D eigenvalue weighted by atomic mass is 32.1. The maximum Gasteiger partial charge on any atom is 0.262 e. The van der Waals surface area contributed by atoms with Gasteiger partial charge >= 0.3 is 0 Å². The number of allylic oxidation sites excluding steroid dienone is 1.